The second-order valence-corrected chi connectivity index (χ2v) is 5.05. The summed E-state index contributed by atoms with van der Waals surface area (Å²) in [5.41, 5.74) is 0. The first-order valence-electron chi connectivity index (χ1n) is 5.83. The van der Waals surface area contributed by atoms with Crippen LogP contribution in [-0.4, -0.2) is 44.5 Å². The molecule has 1 aromatic rings. The van der Waals surface area contributed by atoms with Gasteiger partial charge in [-0.05, 0) is 12.8 Å². The van der Waals surface area contributed by atoms with Crippen LogP contribution in [0.3, 0.4) is 0 Å². The van der Waals surface area contributed by atoms with E-state index in [1.54, 1.807) is 0 Å². The lowest BCUT2D eigenvalue weighted by atomic mass is 10.2. The molecule has 0 bridgehead atoms. The van der Waals surface area contributed by atoms with Gasteiger partial charge in [0.2, 0.25) is 11.1 Å². The quantitative estimate of drug-likeness (QED) is 0.628. The lowest BCUT2D eigenvalue weighted by Gasteiger charge is -2.19. The highest BCUT2D eigenvalue weighted by molar-refractivity contribution is 7.99. The Hall–Kier alpha value is -1.24. The lowest BCUT2D eigenvalue weighted by molar-refractivity contribution is -0.128. The van der Waals surface area contributed by atoms with Crippen molar-refractivity contribution >= 4 is 17.7 Å². The van der Waals surface area contributed by atoms with Crippen molar-refractivity contribution in [1.29, 1.82) is 0 Å². The van der Waals surface area contributed by atoms with E-state index in [2.05, 4.69) is 10.2 Å². The van der Waals surface area contributed by atoms with Crippen LogP contribution < -0.4 is 5.84 Å². The number of hydrogen-bond acceptors (Lipinski definition) is 5. The molecule has 0 spiro atoms. The number of aromatic nitrogens is 3. The number of carbonyl (C=O) groups is 1. The molecule has 0 saturated carbocycles. The van der Waals surface area contributed by atoms with Gasteiger partial charge in [-0.15, -0.1) is 10.2 Å². The fourth-order valence-electron chi connectivity index (χ4n) is 1.87. The Kier molecular flexibility index (Phi) is 4.24. The van der Waals surface area contributed by atoms with Crippen LogP contribution in [0, 0.1) is 0 Å². The van der Waals surface area contributed by atoms with Gasteiger partial charge >= 0.3 is 0 Å². The minimum Gasteiger partial charge on any atom is -0.342 e. The molecule has 2 rings (SSSR count). The third-order valence-corrected chi connectivity index (χ3v) is 3.77. The van der Waals surface area contributed by atoms with Crippen LogP contribution in [-0.2, 0) is 4.79 Å². The zero-order valence-electron chi connectivity index (χ0n) is 9.71. The molecule has 2 N–H and O–H groups in total. The number of amides is 1. The zero-order chi connectivity index (χ0) is 12.1. The first-order chi connectivity index (χ1) is 8.27. The van der Waals surface area contributed by atoms with Crippen molar-refractivity contribution in [3.8, 4) is 0 Å². The van der Waals surface area contributed by atoms with E-state index in [0.717, 1.165) is 25.9 Å². The van der Waals surface area contributed by atoms with E-state index in [1.807, 2.05) is 4.90 Å². The molecule has 1 amide bonds. The van der Waals surface area contributed by atoms with Gasteiger partial charge in [0.15, 0.2) is 0 Å². The minimum atomic E-state index is 0.167. The molecule has 17 heavy (non-hydrogen) atoms. The average Bonchev–Trinajstić information content (AvgIpc) is 2.58. The molecular formula is C10H17N5OS. The van der Waals surface area contributed by atoms with Crippen molar-refractivity contribution in [2.75, 3.05) is 24.7 Å². The van der Waals surface area contributed by atoms with Crippen LogP contribution in [0.15, 0.2) is 11.5 Å². The summed E-state index contributed by atoms with van der Waals surface area (Å²) in [4.78, 5) is 13.9. The van der Waals surface area contributed by atoms with Crippen molar-refractivity contribution in [3.05, 3.63) is 6.33 Å². The summed E-state index contributed by atoms with van der Waals surface area (Å²) < 4.78 is 1.33. The van der Waals surface area contributed by atoms with Crippen molar-refractivity contribution in [2.24, 2.45) is 0 Å². The van der Waals surface area contributed by atoms with Crippen molar-refractivity contribution in [3.63, 3.8) is 0 Å². The molecule has 1 fully saturated rings. The number of nitrogens with zero attached hydrogens (tertiary/aromatic N) is 4. The third-order valence-electron chi connectivity index (χ3n) is 2.82. The fraction of sp³-hybridized carbons (Fsp3) is 0.700. The van der Waals surface area contributed by atoms with Gasteiger partial charge in [0.25, 0.3) is 0 Å². The molecule has 1 aliphatic heterocycles. The van der Waals surface area contributed by atoms with Gasteiger partial charge in [0.05, 0.1) is 5.75 Å². The standard InChI is InChI=1S/C10H17N5OS/c11-15-8-12-13-10(15)17-7-9(16)14-5-3-1-2-4-6-14/h8H,1-7,11H2. The fourth-order valence-corrected chi connectivity index (χ4v) is 2.61. The van der Waals surface area contributed by atoms with Crippen molar-refractivity contribution in [2.45, 2.75) is 30.8 Å². The van der Waals surface area contributed by atoms with Crippen LogP contribution in [0.2, 0.25) is 0 Å². The molecule has 0 aliphatic carbocycles. The van der Waals surface area contributed by atoms with Gasteiger partial charge in [-0.1, -0.05) is 24.6 Å². The summed E-state index contributed by atoms with van der Waals surface area (Å²) >= 11 is 1.34. The Bertz CT molecular complexity index is 373. The summed E-state index contributed by atoms with van der Waals surface area (Å²) in [5.74, 6) is 6.13. The highest BCUT2D eigenvalue weighted by Gasteiger charge is 2.16. The number of hydrogen-bond donors (Lipinski definition) is 1. The Morgan fingerprint density at radius 3 is 2.65 bits per heavy atom. The predicted octanol–water partition coefficient (Wildman–Crippen LogP) is 0.487. The van der Waals surface area contributed by atoms with E-state index in [9.17, 15) is 4.79 Å². The van der Waals surface area contributed by atoms with Crippen LogP contribution in [0.25, 0.3) is 0 Å². The van der Waals surface area contributed by atoms with E-state index < -0.39 is 0 Å². The molecule has 0 unspecified atom stereocenters. The number of carbonyl (C=O) groups excluding carboxylic acids is 1. The summed E-state index contributed by atoms with van der Waals surface area (Å²) in [6, 6.07) is 0. The van der Waals surface area contributed by atoms with E-state index in [-0.39, 0.29) is 5.91 Å². The van der Waals surface area contributed by atoms with Gasteiger partial charge < -0.3 is 10.7 Å². The second-order valence-electron chi connectivity index (χ2n) is 4.10. The van der Waals surface area contributed by atoms with Gasteiger partial charge in [0, 0.05) is 13.1 Å². The van der Waals surface area contributed by atoms with Crippen LogP contribution >= 0.6 is 11.8 Å². The first-order valence-corrected chi connectivity index (χ1v) is 6.81. The van der Waals surface area contributed by atoms with E-state index >= 15 is 0 Å². The third kappa shape index (κ3) is 3.36. The smallest absolute Gasteiger partial charge is 0.233 e. The molecule has 94 valence electrons. The molecule has 0 atom stereocenters. The van der Waals surface area contributed by atoms with Gasteiger partial charge in [-0.3, -0.25) is 4.79 Å². The normalized spacial score (nSPS) is 16.8. The highest BCUT2D eigenvalue weighted by Crippen LogP contribution is 2.15. The van der Waals surface area contributed by atoms with E-state index in [0.29, 0.717) is 10.9 Å². The maximum absolute atomic E-state index is 12.0. The Labute approximate surface area is 105 Å². The number of thioether (sulfide) groups is 1. The number of nitrogens with two attached hydrogens (primary N) is 1. The molecule has 0 radical (unpaired) electrons. The molecular weight excluding hydrogens is 238 g/mol. The summed E-state index contributed by atoms with van der Waals surface area (Å²) in [5, 5.41) is 8.08. The largest absolute Gasteiger partial charge is 0.342 e. The predicted molar refractivity (Wildman–Crippen MR) is 65.9 cm³/mol. The van der Waals surface area contributed by atoms with Crippen LogP contribution in [0.1, 0.15) is 25.7 Å². The second kappa shape index (κ2) is 5.90. The zero-order valence-corrected chi connectivity index (χ0v) is 10.5. The van der Waals surface area contributed by atoms with Gasteiger partial charge in [0.1, 0.15) is 6.33 Å². The molecule has 1 aromatic heterocycles. The molecule has 1 aliphatic rings. The maximum atomic E-state index is 12.0. The monoisotopic (exact) mass is 255 g/mol. The van der Waals surface area contributed by atoms with E-state index in [4.69, 9.17) is 5.84 Å². The molecule has 2 heterocycles. The van der Waals surface area contributed by atoms with Gasteiger partial charge in [-0.25, -0.2) is 4.68 Å². The maximum Gasteiger partial charge on any atom is 0.233 e. The van der Waals surface area contributed by atoms with Crippen LogP contribution in [0.5, 0.6) is 0 Å². The Morgan fingerprint density at radius 2 is 2.06 bits per heavy atom. The number of likely N-dealkylation sites (tertiary alicyclic amines) is 1. The number of rotatable bonds is 3. The van der Waals surface area contributed by atoms with Crippen molar-refractivity contribution in [1.82, 2.24) is 19.8 Å². The van der Waals surface area contributed by atoms with E-state index in [1.165, 1.54) is 35.6 Å². The van der Waals surface area contributed by atoms with Gasteiger partial charge in [-0.2, -0.15) is 0 Å². The Morgan fingerprint density at radius 1 is 1.35 bits per heavy atom. The molecule has 6 nitrogen and oxygen atoms in total. The first kappa shape index (κ1) is 12.2. The van der Waals surface area contributed by atoms with Crippen molar-refractivity contribution < 1.29 is 4.79 Å². The SMILES string of the molecule is Nn1cnnc1SCC(=O)N1CCCCCC1. The molecule has 7 heteroatoms. The topological polar surface area (TPSA) is 77.0 Å². The molecule has 1 saturated heterocycles. The minimum absolute atomic E-state index is 0.167. The molecule has 0 aromatic carbocycles. The average molecular weight is 255 g/mol. The highest BCUT2D eigenvalue weighted by atomic mass is 32.2. The Balaban J connectivity index is 1.82. The lowest BCUT2D eigenvalue weighted by Crippen LogP contribution is -2.33. The van der Waals surface area contributed by atoms with Crippen LogP contribution in [0.4, 0.5) is 0 Å². The summed E-state index contributed by atoms with van der Waals surface area (Å²) in [6.45, 7) is 1.77. The summed E-state index contributed by atoms with van der Waals surface area (Å²) in [7, 11) is 0. The summed E-state index contributed by atoms with van der Waals surface area (Å²) in [6.07, 6.45) is 6.12. The number of nitrogen functional groups attached to an aromatic ring is 1.